The lowest BCUT2D eigenvalue weighted by molar-refractivity contribution is 0.462. The van der Waals surface area contributed by atoms with Crippen LogP contribution in [0.5, 0.6) is 0 Å². The largest absolute Gasteiger partial charge is 0.365 e. The Morgan fingerprint density at radius 1 is 1.41 bits per heavy atom. The Bertz CT molecular complexity index is 744. The van der Waals surface area contributed by atoms with Gasteiger partial charge in [0.2, 0.25) is 0 Å². The zero-order valence-corrected chi connectivity index (χ0v) is 13.3. The summed E-state index contributed by atoms with van der Waals surface area (Å²) in [7, 11) is -3.37. The highest BCUT2D eigenvalue weighted by atomic mass is 32.2. The molecule has 1 atom stereocenters. The van der Waals surface area contributed by atoms with Gasteiger partial charge in [-0.2, -0.15) is 12.7 Å². The molecule has 0 aromatic carbocycles. The predicted molar refractivity (Wildman–Crippen MR) is 83.8 cm³/mol. The minimum Gasteiger partial charge on any atom is -0.365 e. The lowest BCUT2D eigenvalue weighted by Crippen LogP contribution is -2.40. The normalized spacial score (nSPS) is 19.8. The lowest BCUT2D eigenvalue weighted by atomic mass is 10.2. The molecule has 2 aromatic rings. The molecular formula is C13H20N6O2S. The fraction of sp³-hybridized carbons (Fsp3) is 0.538. The van der Waals surface area contributed by atoms with E-state index in [1.165, 1.54) is 4.31 Å². The molecule has 1 aliphatic heterocycles. The lowest BCUT2D eigenvalue weighted by Gasteiger charge is -2.17. The molecule has 0 spiro atoms. The third-order valence-corrected chi connectivity index (χ3v) is 5.21. The quantitative estimate of drug-likeness (QED) is 0.805. The van der Waals surface area contributed by atoms with Gasteiger partial charge in [-0.3, -0.25) is 0 Å². The molecule has 0 amide bonds. The molecule has 1 aliphatic rings. The van der Waals surface area contributed by atoms with E-state index in [-0.39, 0.29) is 6.04 Å². The molecule has 1 saturated heterocycles. The molecule has 1 unspecified atom stereocenters. The van der Waals surface area contributed by atoms with Crippen molar-refractivity contribution in [2.75, 3.05) is 25.0 Å². The maximum atomic E-state index is 12.1. The van der Waals surface area contributed by atoms with E-state index >= 15 is 0 Å². The summed E-state index contributed by atoms with van der Waals surface area (Å²) >= 11 is 0. The first-order valence-corrected chi connectivity index (χ1v) is 8.84. The Morgan fingerprint density at radius 3 is 3.09 bits per heavy atom. The van der Waals surface area contributed by atoms with Gasteiger partial charge < -0.3 is 5.32 Å². The van der Waals surface area contributed by atoms with E-state index in [2.05, 4.69) is 20.1 Å². The fourth-order valence-electron chi connectivity index (χ4n) is 2.49. The van der Waals surface area contributed by atoms with Crippen molar-refractivity contribution in [3.8, 4) is 0 Å². The highest BCUT2D eigenvalue weighted by molar-refractivity contribution is 7.87. The second-order valence-electron chi connectivity index (χ2n) is 5.34. The summed E-state index contributed by atoms with van der Waals surface area (Å²) in [5.41, 5.74) is 0.782. The summed E-state index contributed by atoms with van der Waals surface area (Å²) in [6.07, 6.45) is 5.01. The molecule has 2 N–H and O–H groups in total. The molecule has 22 heavy (non-hydrogen) atoms. The van der Waals surface area contributed by atoms with E-state index < -0.39 is 10.2 Å². The summed E-state index contributed by atoms with van der Waals surface area (Å²) in [6.45, 7) is 3.37. The van der Waals surface area contributed by atoms with Crippen LogP contribution in [0.25, 0.3) is 5.65 Å². The van der Waals surface area contributed by atoms with Gasteiger partial charge in [-0.25, -0.2) is 14.2 Å². The topological polar surface area (TPSA) is 91.6 Å². The predicted octanol–water partition coefficient (Wildman–Crippen LogP) is 0.460. The van der Waals surface area contributed by atoms with E-state index in [0.717, 1.165) is 24.3 Å². The van der Waals surface area contributed by atoms with Gasteiger partial charge in [0.05, 0.1) is 0 Å². The smallest absolute Gasteiger partial charge is 0.279 e. The zero-order chi connectivity index (χ0) is 15.6. The van der Waals surface area contributed by atoms with Gasteiger partial charge in [-0.15, -0.1) is 5.10 Å². The average molecular weight is 324 g/mol. The van der Waals surface area contributed by atoms with Gasteiger partial charge >= 0.3 is 0 Å². The monoisotopic (exact) mass is 324 g/mol. The number of nitrogens with zero attached hydrogens (tertiary/aromatic N) is 4. The molecule has 2 aromatic heterocycles. The highest BCUT2D eigenvalue weighted by Gasteiger charge is 2.31. The van der Waals surface area contributed by atoms with E-state index in [1.807, 2.05) is 19.1 Å². The van der Waals surface area contributed by atoms with Crippen LogP contribution in [0.3, 0.4) is 0 Å². The van der Waals surface area contributed by atoms with E-state index in [4.69, 9.17) is 0 Å². The number of hydrogen-bond donors (Lipinski definition) is 2. The summed E-state index contributed by atoms with van der Waals surface area (Å²) in [5, 5.41) is 7.68. The van der Waals surface area contributed by atoms with E-state index in [0.29, 0.717) is 19.6 Å². The van der Waals surface area contributed by atoms with Crippen molar-refractivity contribution in [2.45, 2.75) is 25.8 Å². The molecule has 0 radical (unpaired) electrons. The highest BCUT2D eigenvalue weighted by Crippen LogP contribution is 2.17. The summed E-state index contributed by atoms with van der Waals surface area (Å²) in [5.74, 6) is 0.719. The van der Waals surface area contributed by atoms with Gasteiger partial charge in [0.1, 0.15) is 5.82 Å². The first kappa shape index (κ1) is 15.2. The van der Waals surface area contributed by atoms with Crippen LogP contribution in [0.2, 0.25) is 0 Å². The van der Waals surface area contributed by atoms with Crippen LogP contribution in [0.4, 0.5) is 5.82 Å². The van der Waals surface area contributed by atoms with Crippen LogP contribution in [0.1, 0.15) is 19.8 Å². The van der Waals surface area contributed by atoms with Crippen molar-refractivity contribution < 1.29 is 8.42 Å². The summed E-state index contributed by atoms with van der Waals surface area (Å²) < 4.78 is 29.9. The Kier molecular flexibility index (Phi) is 4.27. The van der Waals surface area contributed by atoms with E-state index in [9.17, 15) is 8.42 Å². The van der Waals surface area contributed by atoms with Gasteiger partial charge in [0, 0.05) is 38.1 Å². The first-order chi connectivity index (χ1) is 10.6. The van der Waals surface area contributed by atoms with Gasteiger partial charge in [0.15, 0.2) is 5.65 Å². The molecule has 9 heteroatoms. The second-order valence-corrected chi connectivity index (χ2v) is 7.09. The van der Waals surface area contributed by atoms with E-state index in [1.54, 1.807) is 16.9 Å². The van der Waals surface area contributed by atoms with Crippen LogP contribution < -0.4 is 10.0 Å². The molecule has 3 heterocycles. The van der Waals surface area contributed by atoms with Crippen LogP contribution in [-0.2, 0) is 10.2 Å². The maximum absolute atomic E-state index is 12.1. The molecular weight excluding hydrogens is 304 g/mol. The minimum atomic E-state index is -3.37. The molecule has 120 valence electrons. The molecule has 1 fully saturated rings. The minimum absolute atomic E-state index is 0.0617. The zero-order valence-electron chi connectivity index (χ0n) is 12.4. The average Bonchev–Trinajstić information content (AvgIpc) is 3.14. The number of nitrogens with one attached hydrogen (secondary N) is 2. The van der Waals surface area contributed by atoms with Crippen molar-refractivity contribution in [3.05, 3.63) is 24.5 Å². The number of hydrogen-bond acceptors (Lipinski definition) is 5. The summed E-state index contributed by atoms with van der Waals surface area (Å²) in [4.78, 5) is 4.14. The number of rotatable bonds is 6. The number of anilines is 1. The Labute approximate surface area is 129 Å². The standard InChI is InChI=1S/C13H20N6O2S/c1-2-6-15-22(20,21)18-8-5-11(10-18)16-12-3-4-13-14-7-9-19(13)17-12/h3-4,7,9,11,15H,2,5-6,8,10H2,1H3,(H,16,17). The van der Waals surface area contributed by atoms with Crippen molar-refractivity contribution >= 4 is 21.7 Å². The van der Waals surface area contributed by atoms with Crippen molar-refractivity contribution in [3.63, 3.8) is 0 Å². The van der Waals surface area contributed by atoms with Gasteiger partial charge in [0.25, 0.3) is 10.2 Å². The Hall–Kier alpha value is -1.71. The SMILES string of the molecule is CCCNS(=O)(=O)N1CCC(Nc2ccc3nccn3n2)C1. The molecule has 0 bridgehead atoms. The van der Waals surface area contributed by atoms with Crippen LogP contribution in [0, 0.1) is 0 Å². The Balaban J connectivity index is 1.63. The Morgan fingerprint density at radius 2 is 2.27 bits per heavy atom. The third kappa shape index (κ3) is 3.21. The third-order valence-electron chi connectivity index (χ3n) is 3.63. The van der Waals surface area contributed by atoms with Crippen LogP contribution >= 0.6 is 0 Å². The number of fused-ring (bicyclic) bond motifs is 1. The first-order valence-electron chi connectivity index (χ1n) is 7.40. The molecule has 0 saturated carbocycles. The fourth-order valence-corrected chi connectivity index (χ4v) is 3.85. The van der Waals surface area contributed by atoms with Crippen LogP contribution in [0.15, 0.2) is 24.5 Å². The molecule has 8 nitrogen and oxygen atoms in total. The molecule has 0 aliphatic carbocycles. The molecule has 3 rings (SSSR count). The number of imidazole rings is 1. The summed E-state index contributed by atoms with van der Waals surface area (Å²) in [6, 6.07) is 3.79. The second kappa shape index (κ2) is 6.19. The van der Waals surface area contributed by atoms with Crippen molar-refractivity contribution in [1.29, 1.82) is 0 Å². The van der Waals surface area contributed by atoms with Gasteiger partial charge in [-0.1, -0.05) is 6.92 Å². The van der Waals surface area contributed by atoms with Crippen LogP contribution in [-0.4, -0.2) is 53.0 Å². The van der Waals surface area contributed by atoms with Gasteiger partial charge in [-0.05, 0) is 25.0 Å². The number of aromatic nitrogens is 3. The van der Waals surface area contributed by atoms with Crippen molar-refractivity contribution in [2.24, 2.45) is 0 Å². The maximum Gasteiger partial charge on any atom is 0.279 e. The van der Waals surface area contributed by atoms with Crippen molar-refractivity contribution in [1.82, 2.24) is 23.6 Å².